The van der Waals surface area contributed by atoms with Crippen molar-refractivity contribution >= 4 is 23.4 Å². The van der Waals surface area contributed by atoms with Crippen LogP contribution in [0.3, 0.4) is 0 Å². The van der Waals surface area contributed by atoms with Gasteiger partial charge in [0.2, 0.25) is 5.91 Å². The highest BCUT2D eigenvalue weighted by Gasteiger charge is 2.27. The van der Waals surface area contributed by atoms with Crippen LogP contribution in [0.5, 0.6) is 0 Å². The van der Waals surface area contributed by atoms with Gasteiger partial charge in [-0.3, -0.25) is 4.79 Å². The first-order valence-corrected chi connectivity index (χ1v) is 11.4. The molecule has 5 nitrogen and oxygen atoms in total. The molecule has 1 aliphatic rings. The fraction of sp³-hybridized carbons (Fsp3) is 0.522. The third kappa shape index (κ3) is 5.02. The molecule has 6 heteroatoms. The summed E-state index contributed by atoms with van der Waals surface area (Å²) in [5.41, 5.74) is 3.09. The van der Waals surface area contributed by atoms with E-state index in [0.717, 1.165) is 16.5 Å². The molecule has 3 rings (SSSR count). The van der Waals surface area contributed by atoms with Gasteiger partial charge in [0.05, 0.1) is 23.4 Å². The normalized spacial score (nSPS) is 15.7. The van der Waals surface area contributed by atoms with E-state index in [-0.39, 0.29) is 11.2 Å². The van der Waals surface area contributed by atoms with Crippen LogP contribution in [0.15, 0.2) is 35.5 Å². The number of aryl methyl sites for hydroxylation is 1. The van der Waals surface area contributed by atoms with Crippen LogP contribution in [-0.4, -0.2) is 27.3 Å². The number of imidazole rings is 1. The maximum atomic E-state index is 13.3. The second-order valence-electron chi connectivity index (χ2n) is 7.72. The lowest BCUT2D eigenvalue weighted by molar-refractivity contribution is -0.117. The Balaban J connectivity index is 1.81. The van der Waals surface area contributed by atoms with Crippen LogP contribution in [-0.2, 0) is 4.79 Å². The molecule has 29 heavy (non-hydrogen) atoms. The number of nitrogens with zero attached hydrogens (tertiary/aromatic N) is 4. The molecule has 1 amide bonds. The van der Waals surface area contributed by atoms with Crippen LogP contribution in [0, 0.1) is 25.2 Å². The first-order valence-electron chi connectivity index (χ1n) is 10.5. The number of rotatable bonds is 7. The third-order valence-electron chi connectivity index (χ3n) is 5.71. The molecule has 1 aromatic heterocycles. The lowest BCUT2D eigenvalue weighted by Gasteiger charge is -2.28. The molecule has 1 saturated carbocycles. The van der Waals surface area contributed by atoms with Crippen molar-refractivity contribution in [1.29, 1.82) is 5.26 Å². The molecule has 1 unspecified atom stereocenters. The Bertz CT molecular complexity index is 865. The zero-order valence-corrected chi connectivity index (χ0v) is 18.4. The minimum atomic E-state index is -0.280. The van der Waals surface area contributed by atoms with E-state index in [0.29, 0.717) is 19.0 Å². The van der Waals surface area contributed by atoms with Crippen molar-refractivity contribution in [3.05, 3.63) is 41.7 Å². The van der Waals surface area contributed by atoms with Gasteiger partial charge < -0.3 is 9.47 Å². The van der Waals surface area contributed by atoms with Gasteiger partial charge in [0.15, 0.2) is 5.16 Å². The van der Waals surface area contributed by atoms with Crippen molar-refractivity contribution in [2.24, 2.45) is 0 Å². The molecular formula is C23H30N4OS. The van der Waals surface area contributed by atoms with Gasteiger partial charge in [-0.05, 0) is 45.7 Å². The van der Waals surface area contributed by atoms with Crippen molar-refractivity contribution in [2.75, 3.05) is 11.4 Å². The summed E-state index contributed by atoms with van der Waals surface area (Å²) in [5.74, 6) is 0.0185. The zero-order chi connectivity index (χ0) is 20.8. The smallest absolute Gasteiger partial charge is 0.240 e. The Morgan fingerprint density at radius 1 is 1.28 bits per heavy atom. The van der Waals surface area contributed by atoms with E-state index in [1.807, 2.05) is 44.2 Å². The van der Waals surface area contributed by atoms with E-state index in [1.54, 1.807) is 16.7 Å². The molecule has 2 aromatic rings. The number of thioether (sulfide) groups is 1. The van der Waals surface area contributed by atoms with Gasteiger partial charge >= 0.3 is 0 Å². The van der Waals surface area contributed by atoms with Crippen molar-refractivity contribution in [3.8, 4) is 6.07 Å². The summed E-state index contributed by atoms with van der Waals surface area (Å²) < 4.78 is 2.37. The Hall–Kier alpha value is -2.26. The number of nitriles is 1. The fourth-order valence-electron chi connectivity index (χ4n) is 4.01. The van der Waals surface area contributed by atoms with Crippen LogP contribution < -0.4 is 4.90 Å². The number of amides is 1. The van der Waals surface area contributed by atoms with Crippen LogP contribution in [0.2, 0.25) is 0 Å². The maximum absolute atomic E-state index is 13.3. The minimum absolute atomic E-state index is 0.0185. The standard InChI is InChI=1S/C23H30N4OS/c1-17-18(2)27(21-13-8-5-9-14-21)23(25-17)29-19(3)22(28)26(16-10-15-24)20-11-6-4-7-12-20/h4,6-7,11-12,19,21H,5,8-10,13-14,16H2,1-3H3. The predicted molar refractivity (Wildman–Crippen MR) is 118 cm³/mol. The molecular weight excluding hydrogens is 380 g/mol. The molecule has 0 bridgehead atoms. The maximum Gasteiger partial charge on any atom is 0.240 e. The van der Waals surface area contributed by atoms with Gasteiger partial charge in [-0.25, -0.2) is 4.98 Å². The number of hydrogen-bond acceptors (Lipinski definition) is 4. The number of aromatic nitrogens is 2. The summed E-state index contributed by atoms with van der Waals surface area (Å²) in [6.45, 7) is 6.53. The highest BCUT2D eigenvalue weighted by molar-refractivity contribution is 8.00. The summed E-state index contributed by atoms with van der Waals surface area (Å²) in [7, 11) is 0. The van der Waals surface area contributed by atoms with Gasteiger partial charge in [0.25, 0.3) is 0 Å². The molecule has 0 saturated heterocycles. The number of para-hydroxylation sites is 1. The molecule has 0 radical (unpaired) electrons. The van der Waals surface area contributed by atoms with E-state index >= 15 is 0 Å². The SMILES string of the molecule is Cc1nc(SC(C)C(=O)N(CCC#N)c2ccccc2)n(C2CCCCC2)c1C. The molecule has 0 N–H and O–H groups in total. The lowest BCUT2D eigenvalue weighted by Crippen LogP contribution is -2.37. The number of hydrogen-bond donors (Lipinski definition) is 0. The molecule has 0 spiro atoms. The quantitative estimate of drug-likeness (QED) is 0.571. The Kier molecular flexibility index (Phi) is 7.38. The molecule has 1 atom stereocenters. The summed E-state index contributed by atoms with van der Waals surface area (Å²) in [6, 6.07) is 12.3. The second kappa shape index (κ2) is 9.98. The number of benzene rings is 1. The van der Waals surface area contributed by atoms with Gasteiger partial charge in [0.1, 0.15) is 0 Å². The Morgan fingerprint density at radius 2 is 1.97 bits per heavy atom. The van der Waals surface area contributed by atoms with Crippen LogP contribution in [0.25, 0.3) is 0 Å². The van der Waals surface area contributed by atoms with Crippen LogP contribution in [0.4, 0.5) is 5.69 Å². The first-order chi connectivity index (χ1) is 14.0. The van der Waals surface area contributed by atoms with E-state index in [2.05, 4.69) is 17.6 Å². The zero-order valence-electron chi connectivity index (χ0n) is 17.6. The van der Waals surface area contributed by atoms with Crippen molar-refractivity contribution in [1.82, 2.24) is 9.55 Å². The second-order valence-corrected chi connectivity index (χ2v) is 9.03. The predicted octanol–water partition coefficient (Wildman–Crippen LogP) is 5.43. The van der Waals surface area contributed by atoms with Crippen molar-refractivity contribution in [3.63, 3.8) is 0 Å². The van der Waals surface area contributed by atoms with Gasteiger partial charge in [-0.2, -0.15) is 5.26 Å². The average molecular weight is 411 g/mol. The third-order valence-corrected chi connectivity index (χ3v) is 6.76. The average Bonchev–Trinajstić information content (AvgIpc) is 3.02. The van der Waals surface area contributed by atoms with E-state index in [1.165, 1.54) is 37.8 Å². The highest BCUT2D eigenvalue weighted by atomic mass is 32.2. The van der Waals surface area contributed by atoms with E-state index < -0.39 is 0 Å². The van der Waals surface area contributed by atoms with E-state index in [9.17, 15) is 4.79 Å². The molecule has 154 valence electrons. The topological polar surface area (TPSA) is 61.9 Å². The lowest BCUT2D eigenvalue weighted by atomic mass is 9.95. The molecule has 1 fully saturated rings. The summed E-state index contributed by atoms with van der Waals surface area (Å²) in [5, 5.41) is 9.69. The summed E-state index contributed by atoms with van der Waals surface area (Å²) in [6.07, 6.45) is 6.51. The van der Waals surface area contributed by atoms with Crippen molar-refractivity contribution in [2.45, 2.75) is 75.7 Å². The minimum Gasteiger partial charge on any atom is -0.320 e. The molecule has 1 heterocycles. The number of anilines is 1. The number of carbonyl (C=O) groups is 1. The van der Waals surface area contributed by atoms with Crippen molar-refractivity contribution < 1.29 is 4.79 Å². The van der Waals surface area contributed by atoms with Crippen LogP contribution >= 0.6 is 11.8 Å². The summed E-state index contributed by atoms with van der Waals surface area (Å²) in [4.78, 5) is 19.8. The fourth-order valence-corrected chi connectivity index (χ4v) is 5.15. The molecule has 1 aliphatic carbocycles. The molecule has 0 aliphatic heterocycles. The monoisotopic (exact) mass is 410 g/mol. The largest absolute Gasteiger partial charge is 0.320 e. The van der Waals surface area contributed by atoms with Gasteiger partial charge in [-0.15, -0.1) is 0 Å². The highest BCUT2D eigenvalue weighted by Crippen LogP contribution is 2.36. The summed E-state index contributed by atoms with van der Waals surface area (Å²) >= 11 is 1.54. The Morgan fingerprint density at radius 3 is 2.62 bits per heavy atom. The van der Waals surface area contributed by atoms with Crippen LogP contribution in [0.1, 0.15) is 62.9 Å². The van der Waals surface area contributed by atoms with Gasteiger partial charge in [-0.1, -0.05) is 49.2 Å². The Labute approximate surface area is 178 Å². The van der Waals surface area contributed by atoms with E-state index in [4.69, 9.17) is 10.2 Å². The number of carbonyl (C=O) groups excluding carboxylic acids is 1. The molecule has 1 aromatic carbocycles. The first kappa shape index (κ1) is 21.4. The van der Waals surface area contributed by atoms with Gasteiger partial charge in [0, 0.05) is 24.0 Å².